The molecule has 0 amide bonds. The van der Waals surface area contributed by atoms with Crippen LogP contribution in [0, 0.1) is 6.92 Å². The Labute approximate surface area is 98.2 Å². The molecule has 2 nitrogen and oxygen atoms in total. The molecule has 4 heteroatoms. The number of carbonyl (C=O) groups is 1. The van der Waals surface area contributed by atoms with Gasteiger partial charge in [-0.2, -0.15) is 11.8 Å². The van der Waals surface area contributed by atoms with Crippen molar-refractivity contribution < 1.29 is 4.79 Å². The summed E-state index contributed by atoms with van der Waals surface area (Å²) in [5.41, 5.74) is 1.82. The smallest absolute Gasteiger partial charge is 0.178 e. The predicted molar refractivity (Wildman–Crippen MR) is 66.9 cm³/mol. The highest BCUT2D eigenvalue weighted by atomic mass is 32.2. The van der Waals surface area contributed by atoms with Gasteiger partial charge in [-0.15, -0.1) is 11.8 Å². The van der Waals surface area contributed by atoms with Crippen LogP contribution in [-0.2, 0) is 0 Å². The summed E-state index contributed by atoms with van der Waals surface area (Å²) in [6.07, 6.45) is 3.42. The number of Topliss-reactive ketones (excluding diaryl/α,β-unsaturated/α-hetero) is 1. The lowest BCUT2D eigenvalue weighted by Crippen LogP contribution is -2.25. The summed E-state index contributed by atoms with van der Waals surface area (Å²) in [7, 11) is 0. The van der Waals surface area contributed by atoms with Crippen molar-refractivity contribution in [2.24, 2.45) is 0 Å². The molecule has 1 saturated heterocycles. The van der Waals surface area contributed by atoms with E-state index in [9.17, 15) is 4.79 Å². The molecule has 0 N–H and O–H groups in total. The van der Waals surface area contributed by atoms with Crippen LogP contribution < -0.4 is 0 Å². The van der Waals surface area contributed by atoms with E-state index in [4.69, 9.17) is 0 Å². The van der Waals surface area contributed by atoms with Crippen LogP contribution in [-0.4, -0.2) is 33.3 Å². The highest BCUT2D eigenvalue weighted by molar-refractivity contribution is 8.07. The Morgan fingerprint density at radius 3 is 3.07 bits per heavy atom. The fourth-order valence-corrected chi connectivity index (χ4v) is 4.16. The quantitative estimate of drug-likeness (QED) is 0.741. The van der Waals surface area contributed by atoms with Gasteiger partial charge in [0.25, 0.3) is 0 Å². The van der Waals surface area contributed by atoms with Crippen molar-refractivity contribution in [3.8, 4) is 0 Å². The van der Waals surface area contributed by atoms with Crippen LogP contribution in [0.5, 0.6) is 0 Å². The zero-order valence-electron chi connectivity index (χ0n) is 8.60. The molecular formula is C11H13NOS2. The third kappa shape index (κ3) is 2.55. The summed E-state index contributed by atoms with van der Waals surface area (Å²) < 4.78 is 0. The number of aryl methyl sites for hydroxylation is 1. The maximum Gasteiger partial charge on any atom is 0.178 e. The Bertz CT molecular complexity index is 361. The number of nitrogens with zero attached hydrogens (tertiary/aromatic N) is 1. The van der Waals surface area contributed by atoms with Gasteiger partial charge in [-0.05, 0) is 18.6 Å². The lowest BCUT2D eigenvalue weighted by Gasteiger charge is -2.20. The molecule has 1 aromatic rings. The number of pyridine rings is 1. The molecule has 80 valence electrons. The molecule has 1 atom stereocenters. The minimum atomic E-state index is 0.131. The molecule has 1 aromatic heterocycles. The van der Waals surface area contributed by atoms with Crippen LogP contribution in [0.15, 0.2) is 18.5 Å². The summed E-state index contributed by atoms with van der Waals surface area (Å²) >= 11 is 3.65. The van der Waals surface area contributed by atoms with Crippen molar-refractivity contribution in [1.29, 1.82) is 0 Å². The zero-order chi connectivity index (χ0) is 10.7. The maximum absolute atomic E-state index is 12.1. The fourth-order valence-electron chi connectivity index (χ4n) is 1.53. The van der Waals surface area contributed by atoms with E-state index in [-0.39, 0.29) is 11.0 Å². The molecule has 15 heavy (non-hydrogen) atoms. The maximum atomic E-state index is 12.1. The molecule has 1 fully saturated rings. The lowest BCUT2D eigenvalue weighted by molar-refractivity contribution is 0.0994. The van der Waals surface area contributed by atoms with Gasteiger partial charge >= 0.3 is 0 Å². The first kappa shape index (κ1) is 11.0. The van der Waals surface area contributed by atoms with Gasteiger partial charge in [-0.25, -0.2) is 0 Å². The topological polar surface area (TPSA) is 30.0 Å². The van der Waals surface area contributed by atoms with Gasteiger partial charge < -0.3 is 0 Å². The third-order valence-corrected chi connectivity index (χ3v) is 5.17. The first-order chi connectivity index (χ1) is 7.29. The standard InChI is InChI=1S/C11H13NOS2/c1-8-2-3-12-6-9(8)11(13)10-7-14-4-5-15-10/h2-3,6,10H,4-5,7H2,1H3. The number of hydrogen-bond donors (Lipinski definition) is 0. The summed E-state index contributed by atoms with van der Waals surface area (Å²) in [5.74, 6) is 3.44. The second-order valence-corrected chi connectivity index (χ2v) is 5.95. The molecular weight excluding hydrogens is 226 g/mol. The van der Waals surface area contributed by atoms with Gasteiger partial charge in [0.05, 0.1) is 5.25 Å². The Morgan fingerprint density at radius 1 is 1.53 bits per heavy atom. The number of carbonyl (C=O) groups excluding carboxylic acids is 1. The predicted octanol–water partition coefficient (Wildman–Crippen LogP) is 2.42. The first-order valence-electron chi connectivity index (χ1n) is 4.93. The Morgan fingerprint density at radius 2 is 2.40 bits per heavy atom. The monoisotopic (exact) mass is 239 g/mol. The Hall–Kier alpha value is -0.480. The Kier molecular flexibility index (Phi) is 3.70. The average Bonchev–Trinajstić information content (AvgIpc) is 2.30. The summed E-state index contributed by atoms with van der Waals surface area (Å²) in [4.78, 5) is 16.2. The van der Waals surface area contributed by atoms with Gasteiger partial charge in [0, 0.05) is 35.2 Å². The van der Waals surface area contributed by atoms with Crippen LogP contribution in [0.1, 0.15) is 15.9 Å². The molecule has 0 aromatic carbocycles. The third-order valence-electron chi connectivity index (χ3n) is 2.41. The molecule has 1 aliphatic heterocycles. The number of aromatic nitrogens is 1. The molecule has 0 bridgehead atoms. The van der Waals surface area contributed by atoms with Crippen LogP contribution in [0.4, 0.5) is 0 Å². The zero-order valence-corrected chi connectivity index (χ0v) is 10.2. The van der Waals surface area contributed by atoms with Crippen LogP contribution in [0.3, 0.4) is 0 Å². The average molecular weight is 239 g/mol. The van der Waals surface area contributed by atoms with Crippen molar-refractivity contribution in [3.63, 3.8) is 0 Å². The largest absolute Gasteiger partial charge is 0.293 e. The number of thioether (sulfide) groups is 2. The molecule has 0 saturated carbocycles. The summed E-state index contributed by atoms with van der Waals surface area (Å²) in [5, 5.41) is 0.131. The van der Waals surface area contributed by atoms with Gasteiger partial charge in [0.2, 0.25) is 0 Å². The highest BCUT2D eigenvalue weighted by Gasteiger charge is 2.24. The van der Waals surface area contributed by atoms with Crippen molar-refractivity contribution in [1.82, 2.24) is 4.98 Å². The molecule has 0 radical (unpaired) electrons. The van der Waals surface area contributed by atoms with E-state index in [1.54, 1.807) is 24.2 Å². The molecule has 0 spiro atoms. The second kappa shape index (κ2) is 5.03. The second-order valence-electron chi connectivity index (χ2n) is 3.49. The molecule has 1 aliphatic rings. The SMILES string of the molecule is Cc1ccncc1C(=O)C1CSCCS1. The van der Waals surface area contributed by atoms with Gasteiger partial charge in [-0.1, -0.05) is 0 Å². The first-order valence-corrected chi connectivity index (χ1v) is 7.13. The van der Waals surface area contributed by atoms with Gasteiger partial charge in [-0.3, -0.25) is 9.78 Å². The van der Waals surface area contributed by atoms with E-state index in [2.05, 4.69) is 4.98 Å². The van der Waals surface area contributed by atoms with Crippen molar-refractivity contribution in [3.05, 3.63) is 29.6 Å². The van der Waals surface area contributed by atoms with Crippen LogP contribution >= 0.6 is 23.5 Å². The van der Waals surface area contributed by atoms with E-state index in [1.165, 1.54) is 5.75 Å². The lowest BCUT2D eigenvalue weighted by atomic mass is 10.1. The van der Waals surface area contributed by atoms with Crippen LogP contribution in [0.2, 0.25) is 0 Å². The normalized spacial score (nSPS) is 21.3. The molecule has 0 aliphatic carbocycles. The molecule has 1 unspecified atom stereocenters. The van der Waals surface area contributed by atoms with E-state index >= 15 is 0 Å². The van der Waals surface area contributed by atoms with E-state index < -0.39 is 0 Å². The number of ketones is 1. The highest BCUT2D eigenvalue weighted by Crippen LogP contribution is 2.27. The van der Waals surface area contributed by atoms with E-state index in [1.807, 2.05) is 24.8 Å². The van der Waals surface area contributed by atoms with Crippen molar-refractivity contribution in [2.75, 3.05) is 17.3 Å². The summed E-state index contributed by atoms with van der Waals surface area (Å²) in [6, 6.07) is 1.90. The minimum absolute atomic E-state index is 0.131. The molecule has 2 rings (SSSR count). The number of hydrogen-bond acceptors (Lipinski definition) is 4. The van der Waals surface area contributed by atoms with Crippen LogP contribution in [0.25, 0.3) is 0 Å². The van der Waals surface area contributed by atoms with Gasteiger partial charge in [0.15, 0.2) is 5.78 Å². The van der Waals surface area contributed by atoms with Crippen molar-refractivity contribution in [2.45, 2.75) is 12.2 Å². The molecule has 2 heterocycles. The minimum Gasteiger partial charge on any atom is -0.293 e. The van der Waals surface area contributed by atoms with E-state index in [0.29, 0.717) is 0 Å². The Balaban J connectivity index is 2.16. The van der Waals surface area contributed by atoms with Gasteiger partial charge in [0.1, 0.15) is 0 Å². The fraction of sp³-hybridized carbons (Fsp3) is 0.455. The number of rotatable bonds is 2. The van der Waals surface area contributed by atoms with Crippen molar-refractivity contribution >= 4 is 29.3 Å². The van der Waals surface area contributed by atoms with E-state index in [0.717, 1.165) is 22.6 Å². The summed E-state index contributed by atoms with van der Waals surface area (Å²) in [6.45, 7) is 1.97.